The first kappa shape index (κ1) is 25.0. The molecule has 4 heterocycles. The molecule has 198 valence electrons. The van der Waals surface area contributed by atoms with Crippen molar-refractivity contribution in [3.8, 4) is 0 Å². The van der Waals surface area contributed by atoms with Gasteiger partial charge < -0.3 is 25.5 Å². The summed E-state index contributed by atoms with van der Waals surface area (Å²) in [6.07, 6.45) is 3.60. The molecule has 7 nitrogen and oxygen atoms in total. The second kappa shape index (κ2) is 10.4. The third-order valence-electron chi connectivity index (χ3n) is 7.46. The maximum Gasteiger partial charge on any atom is 0.230 e. The van der Waals surface area contributed by atoms with E-state index in [0.29, 0.717) is 17.8 Å². The molecule has 0 saturated carbocycles. The lowest BCUT2D eigenvalue weighted by molar-refractivity contribution is 0.100. The van der Waals surface area contributed by atoms with Crippen LogP contribution in [0.25, 0.3) is 10.2 Å². The Kier molecular flexibility index (Phi) is 6.86. The summed E-state index contributed by atoms with van der Waals surface area (Å²) < 4.78 is 27.6. The molecule has 3 N–H and O–H groups in total. The summed E-state index contributed by atoms with van der Waals surface area (Å²) in [6, 6.07) is 9.91. The van der Waals surface area contributed by atoms with Crippen molar-refractivity contribution in [3.05, 3.63) is 64.5 Å². The number of hydrogen-bond donors (Lipinski definition) is 3. The van der Waals surface area contributed by atoms with Crippen LogP contribution in [0.2, 0.25) is 0 Å². The van der Waals surface area contributed by atoms with Crippen LogP contribution in [0.5, 0.6) is 0 Å². The van der Waals surface area contributed by atoms with Crippen molar-refractivity contribution >= 4 is 50.4 Å². The SMILES string of the molecule is Cc1csc2nc(Nc3ccc(N4CCC(N5CCC5)CC4)c(CO)c3)nc(Nc3cc(F)cc(F)c3)c12. The van der Waals surface area contributed by atoms with Crippen molar-refractivity contribution in [2.24, 2.45) is 0 Å². The predicted molar refractivity (Wildman–Crippen MR) is 149 cm³/mol. The number of aliphatic hydroxyl groups excluding tert-OH is 1. The quantitative estimate of drug-likeness (QED) is 0.270. The summed E-state index contributed by atoms with van der Waals surface area (Å²) in [5, 5.41) is 19.3. The fourth-order valence-electron chi connectivity index (χ4n) is 5.40. The molecule has 0 atom stereocenters. The fraction of sp³-hybridized carbons (Fsp3) is 0.357. The van der Waals surface area contributed by atoms with Gasteiger partial charge in [0.05, 0.1) is 12.0 Å². The summed E-state index contributed by atoms with van der Waals surface area (Å²) in [5.41, 5.74) is 3.90. The molecule has 2 aliphatic rings. The van der Waals surface area contributed by atoms with Crippen LogP contribution < -0.4 is 15.5 Å². The molecule has 0 spiro atoms. The van der Waals surface area contributed by atoms with Crippen molar-refractivity contribution < 1.29 is 13.9 Å². The number of piperidine rings is 1. The lowest BCUT2D eigenvalue weighted by atomic mass is 9.98. The third kappa shape index (κ3) is 5.03. The van der Waals surface area contributed by atoms with E-state index in [1.54, 1.807) is 0 Å². The van der Waals surface area contributed by atoms with Gasteiger partial charge in [-0.05, 0) is 80.6 Å². The number of fused-ring (bicyclic) bond motifs is 1. The molecule has 0 aliphatic carbocycles. The monoisotopic (exact) mass is 536 g/mol. The van der Waals surface area contributed by atoms with Crippen molar-refractivity contribution in [1.82, 2.24) is 14.9 Å². The molecule has 2 fully saturated rings. The molecule has 0 radical (unpaired) electrons. The van der Waals surface area contributed by atoms with E-state index in [9.17, 15) is 13.9 Å². The zero-order valence-electron chi connectivity index (χ0n) is 21.2. The van der Waals surface area contributed by atoms with Crippen molar-refractivity contribution in [2.45, 2.75) is 38.8 Å². The van der Waals surface area contributed by atoms with Gasteiger partial charge in [0.2, 0.25) is 5.95 Å². The normalized spacial score (nSPS) is 16.6. The highest BCUT2D eigenvalue weighted by atomic mass is 32.1. The van der Waals surface area contributed by atoms with Gasteiger partial charge in [-0.15, -0.1) is 11.3 Å². The van der Waals surface area contributed by atoms with E-state index < -0.39 is 11.6 Å². The van der Waals surface area contributed by atoms with E-state index in [1.807, 2.05) is 30.5 Å². The van der Waals surface area contributed by atoms with E-state index in [1.165, 1.54) is 43.0 Å². The van der Waals surface area contributed by atoms with Crippen LogP contribution in [0.3, 0.4) is 0 Å². The fourth-order valence-corrected chi connectivity index (χ4v) is 6.32. The van der Waals surface area contributed by atoms with Gasteiger partial charge in [-0.25, -0.2) is 13.8 Å². The van der Waals surface area contributed by atoms with Gasteiger partial charge in [0, 0.05) is 47.8 Å². The molecule has 38 heavy (non-hydrogen) atoms. The number of rotatable bonds is 7. The number of aromatic nitrogens is 2. The van der Waals surface area contributed by atoms with Crippen LogP contribution in [0, 0.1) is 18.6 Å². The lowest BCUT2D eigenvalue weighted by Gasteiger charge is -2.43. The maximum atomic E-state index is 13.8. The van der Waals surface area contributed by atoms with Crippen LogP contribution in [-0.4, -0.2) is 52.2 Å². The molecule has 0 bridgehead atoms. The minimum Gasteiger partial charge on any atom is -0.392 e. The standard InChI is InChI=1S/C28H30F2N6OS/c1-17-16-38-27-25(17)26(31-22-13-19(29)12-20(30)14-22)33-28(34-27)32-21-3-4-24(18(11-21)15-37)36-9-5-23(6-10-36)35-7-2-8-35/h3-4,11-14,16,23,37H,2,5-10,15H2,1H3,(H2,31,32,33,34). The molecule has 2 aliphatic heterocycles. The van der Waals surface area contributed by atoms with Gasteiger partial charge in [-0.2, -0.15) is 4.98 Å². The Morgan fingerprint density at radius 1 is 0.974 bits per heavy atom. The number of nitrogens with one attached hydrogen (secondary N) is 2. The van der Waals surface area contributed by atoms with Gasteiger partial charge in [0.15, 0.2) is 0 Å². The summed E-state index contributed by atoms with van der Waals surface area (Å²) in [6.45, 7) is 6.29. The molecule has 10 heteroatoms. The van der Waals surface area contributed by atoms with Crippen LogP contribution in [-0.2, 0) is 6.61 Å². The first-order chi connectivity index (χ1) is 18.5. The number of halogens is 2. The minimum absolute atomic E-state index is 0.0706. The van der Waals surface area contributed by atoms with Gasteiger partial charge in [-0.3, -0.25) is 0 Å². The summed E-state index contributed by atoms with van der Waals surface area (Å²) in [4.78, 5) is 15.0. The number of aliphatic hydroxyl groups is 1. The third-order valence-corrected chi connectivity index (χ3v) is 8.45. The van der Waals surface area contributed by atoms with Gasteiger partial charge in [0.1, 0.15) is 22.3 Å². The Morgan fingerprint density at radius 2 is 1.74 bits per heavy atom. The number of anilines is 5. The van der Waals surface area contributed by atoms with E-state index in [0.717, 1.165) is 64.7 Å². The predicted octanol–water partition coefficient (Wildman–Crippen LogP) is 5.93. The van der Waals surface area contributed by atoms with Gasteiger partial charge in [-0.1, -0.05) is 0 Å². The van der Waals surface area contributed by atoms with Gasteiger partial charge in [0.25, 0.3) is 0 Å². The molecule has 0 amide bonds. The average molecular weight is 537 g/mol. The molecule has 6 rings (SSSR count). The molecular weight excluding hydrogens is 506 g/mol. The number of nitrogens with zero attached hydrogens (tertiary/aromatic N) is 4. The number of thiophene rings is 1. The second-order valence-electron chi connectivity index (χ2n) is 10.0. The topological polar surface area (TPSA) is 76.6 Å². The molecule has 2 aromatic carbocycles. The van der Waals surface area contributed by atoms with Crippen molar-refractivity contribution in [3.63, 3.8) is 0 Å². The van der Waals surface area contributed by atoms with Crippen LogP contribution in [0.4, 0.5) is 37.6 Å². The minimum atomic E-state index is -0.667. The second-order valence-corrected chi connectivity index (χ2v) is 10.9. The highest BCUT2D eigenvalue weighted by Crippen LogP contribution is 2.34. The Labute approximate surface area is 224 Å². The summed E-state index contributed by atoms with van der Waals surface area (Å²) >= 11 is 1.48. The number of benzene rings is 2. The van der Waals surface area contributed by atoms with E-state index >= 15 is 0 Å². The highest BCUT2D eigenvalue weighted by Gasteiger charge is 2.28. The molecule has 2 saturated heterocycles. The summed E-state index contributed by atoms with van der Waals surface area (Å²) in [5.74, 6) is -0.518. The van der Waals surface area contributed by atoms with Crippen molar-refractivity contribution in [2.75, 3.05) is 41.7 Å². The Bertz CT molecular complexity index is 1450. The largest absolute Gasteiger partial charge is 0.392 e. The van der Waals surface area contributed by atoms with Crippen molar-refractivity contribution in [1.29, 1.82) is 0 Å². The van der Waals surface area contributed by atoms with Crippen LogP contribution >= 0.6 is 11.3 Å². The Hall–Kier alpha value is -3.34. The molecule has 0 unspecified atom stereocenters. The first-order valence-electron chi connectivity index (χ1n) is 13.0. The molecular formula is C28H30F2N6OS. The molecule has 4 aromatic rings. The zero-order chi connectivity index (χ0) is 26.2. The lowest BCUT2D eigenvalue weighted by Crippen LogP contribution is -2.50. The maximum absolute atomic E-state index is 13.8. The van der Waals surface area contributed by atoms with Crippen LogP contribution in [0.15, 0.2) is 41.8 Å². The Morgan fingerprint density at radius 3 is 2.42 bits per heavy atom. The van der Waals surface area contributed by atoms with E-state index in [4.69, 9.17) is 0 Å². The smallest absolute Gasteiger partial charge is 0.230 e. The van der Waals surface area contributed by atoms with E-state index in [2.05, 4.69) is 30.4 Å². The van der Waals surface area contributed by atoms with Gasteiger partial charge >= 0.3 is 0 Å². The van der Waals surface area contributed by atoms with Crippen LogP contribution in [0.1, 0.15) is 30.4 Å². The van der Waals surface area contributed by atoms with E-state index in [-0.39, 0.29) is 12.3 Å². The summed E-state index contributed by atoms with van der Waals surface area (Å²) in [7, 11) is 0. The number of likely N-dealkylation sites (tertiary alicyclic amines) is 1. The Balaban J connectivity index is 1.24. The highest BCUT2D eigenvalue weighted by molar-refractivity contribution is 7.17. The number of aryl methyl sites for hydroxylation is 1. The molecule has 2 aromatic heterocycles. The first-order valence-corrected chi connectivity index (χ1v) is 13.8. The number of hydrogen-bond acceptors (Lipinski definition) is 8. The average Bonchev–Trinajstić information content (AvgIpc) is 3.23. The zero-order valence-corrected chi connectivity index (χ0v) is 22.0.